The summed E-state index contributed by atoms with van der Waals surface area (Å²) in [5, 5.41) is 0. The maximum Gasteiger partial charge on any atom is 0.333 e. The minimum Gasteiger partial charge on any atom is -0.466 e. The third kappa shape index (κ3) is 4.52. The number of ether oxygens (including phenoxy) is 3. The van der Waals surface area contributed by atoms with Crippen LogP contribution >= 0.6 is 0 Å². The summed E-state index contributed by atoms with van der Waals surface area (Å²) in [6, 6.07) is 0.211. The molecule has 0 amide bonds. The summed E-state index contributed by atoms with van der Waals surface area (Å²) in [6.07, 6.45) is 3.08. The van der Waals surface area contributed by atoms with E-state index in [0.717, 1.165) is 6.42 Å². The Morgan fingerprint density at radius 2 is 1.85 bits per heavy atom. The quantitative estimate of drug-likeness (QED) is 0.403. The molecule has 2 bridgehead atoms. The molecule has 2 rings (SSSR count). The van der Waals surface area contributed by atoms with E-state index in [2.05, 4.69) is 16.2 Å². The number of hydrogen-bond donors (Lipinski definition) is 0. The minimum atomic E-state index is -0.614. The Morgan fingerprint density at radius 1 is 1.15 bits per heavy atom. The van der Waals surface area contributed by atoms with Crippen LogP contribution in [0.5, 0.6) is 0 Å². The number of rotatable bonds is 6. The molecule has 0 aromatic carbocycles. The number of methoxy groups -OCH3 is 1. The molecule has 26 heavy (non-hydrogen) atoms. The lowest BCUT2D eigenvalue weighted by atomic mass is 10.00. The monoisotopic (exact) mass is 365 g/mol. The van der Waals surface area contributed by atoms with Crippen LogP contribution in [0.3, 0.4) is 0 Å². The van der Waals surface area contributed by atoms with E-state index < -0.39 is 11.9 Å². The van der Waals surface area contributed by atoms with Gasteiger partial charge in [0.1, 0.15) is 12.2 Å². The van der Waals surface area contributed by atoms with Crippen molar-refractivity contribution in [3.8, 4) is 0 Å². The zero-order valence-electron chi connectivity index (χ0n) is 15.8. The predicted molar refractivity (Wildman–Crippen MR) is 94.2 cm³/mol. The second-order valence-corrected chi connectivity index (χ2v) is 6.89. The topological polar surface area (TPSA) is 82.1 Å². The average Bonchev–Trinajstić information content (AvgIpc) is 2.78. The van der Waals surface area contributed by atoms with Crippen molar-refractivity contribution in [2.45, 2.75) is 63.8 Å². The minimum absolute atomic E-state index is 0.0176. The Balaban J connectivity index is 1.92. The summed E-state index contributed by atoms with van der Waals surface area (Å²) < 4.78 is 15.7. The lowest BCUT2D eigenvalue weighted by molar-refractivity contribution is -0.155. The number of piperidine rings is 1. The highest BCUT2D eigenvalue weighted by atomic mass is 16.6. The molecule has 0 aliphatic carbocycles. The second-order valence-electron chi connectivity index (χ2n) is 6.89. The maximum atomic E-state index is 12.1. The van der Waals surface area contributed by atoms with Crippen molar-refractivity contribution in [1.82, 2.24) is 4.90 Å². The van der Waals surface area contributed by atoms with Gasteiger partial charge in [0, 0.05) is 36.5 Å². The van der Waals surface area contributed by atoms with Crippen molar-refractivity contribution in [3.05, 3.63) is 23.8 Å². The number of esters is 3. The van der Waals surface area contributed by atoms with Gasteiger partial charge in [-0.25, -0.2) is 9.59 Å². The molecule has 0 aromatic rings. The van der Waals surface area contributed by atoms with Crippen molar-refractivity contribution < 1.29 is 28.6 Å². The van der Waals surface area contributed by atoms with Crippen LogP contribution in [0.15, 0.2) is 23.8 Å². The fourth-order valence-electron chi connectivity index (χ4n) is 3.56. The van der Waals surface area contributed by atoms with Crippen LogP contribution in [0, 0.1) is 0 Å². The van der Waals surface area contributed by atoms with Crippen LogP contribution in [-0.4, -0.2) is 61.3 Å². The molecule has 0 aromatic heterocycles. The van der Waals surface area contributed by atoms with E-state index in [9.17, 15) is 14.4 Å². The highest BCUT2D eigenvalue weighted by Gasteiger charge is 2.47. The molecule has 4 atom stereocenters. The van der Waals surface area contributed by atoms with Gasteiger partial charge in [-0.2, -0.15) is 0 Å². The number of carbonyl (C=O) groups is 3. The molecule has 2 aliphatic heterocycles. The Hall–Kier alpha value is -2.15. The normalized spacial score (nSPS) is 28.4. The largest absolute Gasteiger partial charge is 0.466 e. The standard InChI is InChI=1S/C19H27NO6/c1-6-11(2)19(23)26-16-9-13-8-14(10-15(16)20(13)4)25-17(21)7-12(3)18(22)24-5/h6,13-16H,3,7-10H2,1-2,4-5H3/b11-6-/t13-,14-,15+,16-/m0/s1. The molecule has 7 nitrogen and oxygen atoms in total. The molecule has 2 saturated heterocycles. The molecular weight excluding hydrogens is 338 g/mol. The van der Waals surface area contributed by atoms with Gasteiger partial charge in [0.05, 0.1) is 19.6 Å². The molecule has 2 fully saturated rings. The second kappa shape index (κ2) is 8.49. The lowest BCUT2D eigenvalue weighted by Gasteiger charge is -2.36. The van der Waals surface area contributed by atoms with E-state index in [-0.39, 0.29) is 42.3 Å². The molecule has 7 heteroatoms. The fourth-order valence-corrected chi connectivity index (χ4v) is 3.56. The highest BCUT2D eigenvalue weighted by Crippen LogP contribution is 2.37. The number of fused-ring (bicyclic) bond motifs is 2. The maximum absolute atomic E-state index is 12.1. The number of hydrogen-bond acceptors (Lipinski definition) is 7. The van der Waals surface area contributed by atoms with Crippen LogP contribution in [-0.2, 0) is 28.6 Å². The predicted octanol–water partition coefficient (Wildman–Crippen LogP) is 1.76. The molecule has 0 saturated carbocycles. The molecule has 0 unspecified atom stereocenters. The van der Waals surface area contributed by atoms with E-state index in [1.807, 2.05) is 7.05 Å². The number of nitrogens with zero attached hydrogens (tertiary/aromatic N) is 1. The summed E-state index contributed by atoms with van der Waals surface area (Å²) in [5.41, 5.74) is 0.653. The van der Waals surface area contributed by atoms with Gasteiger partial charge in [-0.3, -0.25) is 9.69 Å². The molecule has 0 N–H and O–H groups in total. The van der Waals surface area contributed by atoms with Crippen molar-refractivity contribution in [1.29, 1.82) is 0 Å². The van der Waals surface area contributed by atoms with Gasteiger partial charge in [0.15, 0.2) is 0 Å². The molecule has 144 valence electrons. The lowest BCUT2D eigenvalue weighted by Crippen LogP contribution is -2.46. The van der Waals surface area contributed by atoms with Crippen LogP contribution in [0.4, 0.5) is 0 Å². The Bertz CT molecular complexity index is 626. The van der Waals surface area contributed by atoms with Crippen LogP contribution < -0.4 is 0 Å². The van der Waals surface area contributed by atoms with Gasteiger partial charge >= 0.3 is 17.9 Å². The Kier molecular flexibility index (Phi) is 6.58. The third-order valence-corrected chi connectivity index (χ3v) is 5.22. The van der Waals surface area contributed by atoms with E-state index in [1.165, 1.54) is 7.11 Å². The smallest absolute Gasteiger partial charge is 0.333 e. The zero-order chi connectivity index (χ0) is 19.4. The Labute approximate surface area is 154 Å². The van der Waals surface area contributed by atoms with Crippen molar-refractivity contribution in [3.63, 3.8) is 0 Å². The van der Waals surface area contributed by atoms with E-state index in [4.69, 9.17) is 9.47 Å². The van der Waals surface area contributed by atoms with Gasteiger partial charge < -0.3 is 14.2 Å². The van der Waals surface area contributed by atoms with Crippen LogP contribution in [0.25, 0.3) is 0 Å². The van der Waals surface area contributed by atoms with Crippen LogP contribution in [0.1, 0.15) is 39.5 Å². The first kappa shape index (κ1) is 20.2. The highest BCUT2D eigenvalue weighted by molar-refractivity contribution is 5.93. The summed E-state index contributed by atoms with van der Waals surface area (Å²) in [4.78, 5) is 37.6. The van der Waals surface area contributed by atoms with Gasteiger partial charge in [0.25, 0.3) is 0 Å². The SMILES string of the molecule is C=C(CC(=O)O[C@H]1C[C@H]2C[C@H](OC(=O)/C(C)=C\C)[C@@H](C1)N2C)C(=O)OC. The van der Waals surface area contributed by atoms with Crippen molar-refractivity contribution >= 4 is 17.9 Å². The van der Waals surface area contributed by atoms with Gasteiger partial charge in [-0.05, 0) is 20.9 Å². The third-order valence-electron chi connectivity index (χ3n) is 5.22. The summed E-state index contributed by atoms with van der Waals surface area (Å²) in [7, 11) is 3.24. The van der Waals surface area contributed by atoms with Gasteiger partial charge in [-0.1, -0.05) is 12.7 Å². The zero-order valence-corrected chi connectivity index (χ0v) is 15.8. The first-order valence-electron chi connectivity index (χ1n) is 8.78. The van der Waals surface area contributed by atoms with Gasteiger partial charge in [0.2, 0.25) is 0 Å². The number of likely N-dealkylation sites (N-methyl/N-ethyl adjacent to an activating group) is 1. The fraction of sp³-hybridized carbons (Fsp3) is 0.632. The summed E-state index contributed by atoms with van der Waals surface area (Å²) >= 11 is 0. The molecule has 2 heterocycles. The molecule has 0 radical (unpaired) electrons. The first-order valence-corrected chi connectivity index (χ1v) is 8.78. The van der Waals surface area contributed by atoms with Gasteiger partial charge in [-0.15, -0.1) is 0 Å². The van der Waals surface area contributed by atoms with E-state index >= 15 is 0 Å². The Morgan fingerprint density at radius 3 is 2.46 bits per heavy atom. The summed E-state index contributed by atoms with van der Waals surface area (Å²) in [6.45, 7) is 7.06. The number of carbonyl (C=O) groups excluding carboxylic acids is 3. The molecule has 0 spiro atoms. The number of allylic oxidation sites excluding steroid dienone is 1. The average molecular weight is 365 g/mol. The summed E-state index contributed by atoms with van der Waals surface area (Å²) in [5.74, 6) is -1.41. The molecular formula is C19H27NO6. The molecule has 2 aliphatic rings. The first-order chi connectivity index (χ1) is 12.3. The van der Waals surface area contributed by atoms with Crippen LogP contribution in [0.2, 0.25) is 0 Å². The van der Waals surface area contributed by atoms with E-state index in [0.29, 0.717) is 18.4 Å². The van der Waals surface area contributed by atoms with E-state index in [1.54, 1.807) is 19.9 Å². The van der Waals surface area contributed by atoms with Crippen molar-refractivity contribution in [2.75, 3.05) is 14.2 Å². The van der Waals surface area contributed by atoms with Crippen molar-refractivity contribution in [2.24, 2.45) is 0 Å².